The number of nitrogens with one attached hydrogen (secondary N) is 1. The Morgan fingerprint density at radius 1 is 1.04 bits per heavy atom. The van der Waals surface area contributed by atoms with Crippen LogP contribution < -0.4 is 5.32 Å². The van der Waals surface area contributed by atoms with E-state index in [0.29, 0.717) is 13.0 Å². The van der Waals surface area contributed by atoms with Crippen LogP contribution in [-0.4, -0.2) is 31.6 Å². The maximum absolute atomic E-state index is 12.0. The number of hydrogen-bond acceptors (Lipinski definition) is 4. The van der Waals surface area contributed by atoms with Crippen molar-refractivity contribution in [2.45, 2.75) is 19.1 Å². The summed E-state index contributed by atoms with van der Waals surface area (Å²) in [5.41, 5.74) is 2.00. The average Bonchev–Trinajstić information content (AvgIpc) is 2.68. The van der Waals surface area contributed by atoms with Crippen molar-refractivity contribution in [3.8, 4) is 0 Å². The molecule has 0 radical (unpaired) electrons. The third kappa shape index (κ3) is 6.91. The predicted molar refractivity (Wildman–Crippen MR) is 100 cm³/mol. The minimum Gasteiger partial charge on any atom is -0.467 e. The highest BCUT2D eigenvalue weighted by atomic mass is 16.5. The molecule has 2 aromatic carbocycles. The molecule has 1 amide bonds. The highest BCUT2D eigenvalue weighted by Crippen LogP contribution is 2.05. The van der Waals surface area contributed by atoms with E-state index in [1.165, 1.54) is 7.11 Å². The van der Waals surface area contributed by atoms with Gasteiger partial charge < -0.3 is 14.8 Å². The van der Waals surface area contributed by atoms with Crippen molar-refractivity contribution in [1.82, 2.24) is 5.32 Å². The number of esters is 1. The van der Waals surface area contributed by atoms with Crippen molar-refractivity contribution in [2.75, 3.05) is 13.7 Å². The van der Waals surface area contributed by atoms with Gasteiger partial charge in [0, 0.05) is 0 Å². The number of benzene rings is 2. The Morgan fingerprint density at radius 2 is 1.69 bits per heavy atom. The van der Waals surface area contributed by atoms with Crippen LogP contribution >= 0.6 is 0 Å². The lowest BCUT2D eigenvalue weighted by atomic mass is 10.1. The standard InChI is InChI=1S/C21H23NO4/c1-25-21(24)19(14-8-13-17-9-4-2-5-10-17)22-20(23)16-26-15-18-11-6-3-7-12-18/h2-13,19H,14-16H2,1H3,(H,22,23)/b13-8+/t19-/m0/s1. The van der Waals surface area contributed by atoms with E-state index in [9.17, 15) is 9.59 Å². The monoisotopic (exact) mass is 353 g/mol. The zero-order chi connectivity index (χ0) is 18.6. The topological polar surface area (TPSA) is 64.6 Å². The van der Waals surface area contributed by atoms with Crippen LogP contribution in [0.3, 0.4) is 0 Å². The molecule has 0 bridgehead atoms. The molecule has 0 aromatic heterocycles. The molecule has 5 heteroatoms. The van der Waals surface area contributed by atoms with E-state index in [1.807, 2.05) is 72.8 Å². The maximum Gasteiger partial charge on any atom is 0.328 e. The van der Waals surface area contributed by atoms with Crippen LogP contribution in [0.5, 0.6) is 0 Å². The molecule has 2 aromatic rings. The van der Waals surface area contributed by atoms with Crippen molar-refractivity contribution < 1.29 is 19.1 Å². The van der Waals surface area contributed by atoms with E-state index in [4.69, 9.17) is 9.47 Å². The van der Waals surface area contributed by atoms with E-state index < -0.39 is 12.0 Å². The van der Waals surface area contributed by atoms with Crippen molar-refractivity contribution in [2.24, 2.45) is 0 Å². The summed E-state index contributed by atoms with van der Waals surface area (Å²) in [4.78, 5) is 23.9. The Labute approximate surface area is 153 Å². The SMILES string of the molecule is COC(=O)[C@H](C/C=C/c1ccccc1)NC(=O)COCc1ccccc1. The van der Waals surface area contributed by atoms with Gasteiger partial charge in [0.1, 0.15) is 12.6 Å². The van der Waals surface area contributed by atoms with Gasteiger partial charge in [0.25, 0.3) is 0 Å². The van der Waals surface area contributed by atoms with Gasteiger partial charge in [-0.3, -0.25) is 4.79 Å². The van der Waals surface area contributed by atoms with Gasteiger partial charge in [0.2, 0.25) is 5.91 Å². The second kappa shape index (κ2) is 10.8. The average molecular weight is 353 g/mol. The molecule has 0 aliphatic rings. The molecule has 0 saturated carbocycles. The third-order valence-electron chi connectivity index (χ3n) is 3.65. The van der Waals surface area contributed by atoms with Gasteiger partial charge in [0.05, 0.1) is 13.7 Å². The number of ether oxygens (including phenoxy) is 2. The molecular formula is C21H23NO4. The van der Waals surface area contributed by atoms with Crippen LogP contribution in [0.4, 0.5) is 0 Å². The molecule has 26 heavy (non-hydrogen) atoms. The van der Waals surface area contributed by atoms with E-state index in [2.05, 4.69) is 5.32 Å². The Kier molecular flexibility index (Phi) is 8.09. The summed E-state index contributed by atoms with van der Waals surface area (Å²) in [6.07, 6.45) is 4.07. The number of methoxy groups -OCH3 is 1. The molecule has 0 saturated heterocycles. The number of carbonyl (C=O) groups is 2. The molecule has 5 nitrogen and oxygen atoms in total. The largest absolute Gasteiger partial charge is 0.467 e. The van der Waals surface area contributed by atoms with Gasteiger partial charge in [-0.2, -0.15) is 0 Å². The molecule has 136 valence electrons. The van der Waals surface area contributed by atoms with E-state index in [-0.39, 0.29) is 12.5 Å². The number of hydrogen-bond donors (Lipinski definition) is 1. The summed E-state index contributed by atoms with van der Waals surface area (Å²) in [5, 5.41) is 2.65. The van der Waals surface area contributed by atoms with Gasteiger partial charge in [0.15, 0.2) is 0 Å². The predicted octanol–water partition coefficient (Wildman–Crippen LogP) is 2.96. The summed E-state index contributed by atoms with van der Waals surface area (Å²) in [7, 11) is 1.30. The van der Waals surface area contributed by atoms with Gasteiger partial charge in [-0.15, -0.1) is 0 Å². The molecule has 0 spiro atoms. The molecule has 0 heterocycles. The number of carbonyl (C=O) groups excluding carboxylic acids is 2. The molecular weight excluding hydrogens is 330 g/mol. The minimum atomic E-state index is -0.743. The Hall–Kier alpha value is -2.92. The summed E-state index contributed by atoms with van der Waals surface area (Å²) in [5.74, 6) is -0.844. The summed E-state index contributed by atoms with van der Waals surface area (Å²) in [6.45, 7) is 0.218. The van der Waals surface area contributed by atoms with E-state index >= 15 is 0 Å². The highest BCUT2D eigenvalue weighted by Gasteiger charge is 2.20. The Morgan fingerprint density at radius 3 is 2.35 bits per heavy atom. The lowest BCUT2D eigenvalue weighted by molar-refractivity contribution is -0.145. The first-order valence-corrected chi connectivity index (χ1v) is 8.39. The van der Waals surface area contributed by atoms with Crippen LogP contribution in [0.15, 0.2) is 66.7 Å². The van der Waals surface area contributed by atoms with Crippen LogP contribution in [0.1, 0.15) is 17.5 Å². The fraction of sp³-hybridized carbons (Fsp3) is 0.238. The summed E-state index contributed by atoms with van der Waals surface area (Å²) in [6, 6.07) is 18.5. The van der Waals surface area contributed by atoms with E-state index in [0.717, 1.165) is 11.1 Å². The van der Waals surface area contributed by atoms with Gasteiger partial charge in [-0.1, -0.05) is 72.8 Å². The normalized spacial score (nSPS) is 11.9. The minimum absolute atomic E-state index is 0.120. The van der Waals surface area contributed by atoms with Crippen LogP contribution in [0, 0.1) is 0 Å². The molecule has 0 unspecified atom stereocenters. The fourth-order valence-electron chi connectivity index (χ4n) is 2.33. The van der Waals surface area contributed by atoms with E-state index in [1.54, 1.807) is 0 Å². The lowest BCUT2D eigenvalue weighted by Gasteiger charge is -2.15. The molecule has 0 aliphatic heterocycles. The highest BCUT2D eigenvalue weighted by molar-refractivity contribution is 5.85. The van der Waals surface area contributed by atoms with Crippen molar-refractivity contribution >= 4 is 18.0 Å². The quantitative estimate of drug-likeness (QED) is 0.704. The van der Waals surface area contributed by atoms with Crippen molar-refractivity contribution in [1.29, 1.82) is 0 Å². The van der Waals surface area contributed by atoms with Gasteiger partial charge in [-0.25, -0.2) is 4.79 Å². The maximum atomic E-state index is 12.0. The number of rotatable bonds is 9. The fourth-order valence-corrected chi connectivity index (χ4v) is 2.33. The van der Waals surface area contributed by atoms with Crippen LogP contribution in [-0.2, 0) is 25.7 Å². The first-order chi connectivity index (χ1) is 12.7. The molecule has 0 aliphatic carbocycles. The smallest absolute Gasteiger partial charge is 0.328 e. The molecule has 0 fully saturated rings. The Balaban J connectivity index is 1.81. The van der Waals surface area contributed by atoms with Crippen molar-refractivity contribution in [3.63, 3.8) is 0 Å². The summed E-state index contributed by atoms with van der Waals surface area (Å²) >= 11 is 0. The summed E-state index contributed by atoms with van der Waals surface area (Å²) < 4.78 is 10.1. The van der Waals surface area contributed by atoms with Crippen molar-refractivity contribution in [3.05, 3.63) is 77.9 Å². The zero-order valence-electron chi connectivity index (χ0n) is 14.8. The number of amides is 1. The molecule has 1 N–H and O–H groups in total. The molecule has 1 atom stereocenters. The lowest BCUT2D eigenvalue weighted by Crippen LogP contribution is -2.42. The van der Waals surface area contributed by atoms with Gasteiger partial charge >= 0.3 is 5.97 Å². The zero-order valence-corrected chi connectivity index (χ0v) is 14.8. The third-order valence-corrected chi connectivity index (χ3v) is 3.65. The van der Waals surface area contributed by atoms with Crippen LogP contribution in [0.2, 0.25) is 0 Å². The first kappa shape index (κ1) is 19.4. The second-order valence-corrected chi connectivity index (χ2v) is 5.67. The first-order valence-electron chi connectivity index (χ1n) is 8.39. The second-order valence-electron chi connectivity index (χ2n) is 5.67. The Bertz CT molecular complexity index is 713. The van der Waals surface area contributed by atoms with Gasteiger partial charge in [-0.05, 0) is 17.5 Å². The molecule has 2 rings (SSSR count). The van der Waals surface area contributed by atoms with Crippen LogP contribution in [0.25, 0.3) is 6.08 Å².